The van der Waals surface area contributed by atoms with Crippen molar-refractivity contribution >= 4 is 29.2 Å². The van der Waals surface area contributed by atoms with E-state index in [9.17, 15) is 9.59 Å². The number of carbonyl (C=O) groups is 2. The van der Waals surface area contributed by atoms with Crippen molar-refractivity contribution in [2.45, 2.75) is 13.8 Å². The highest BCUT2D eigenvalue weighted by Gasteiger charge is 2.09. The third-order valence-electron chi connectivity index (χ3n) is 2.33. The normalized spacial score (nSPS) is 10.1. The molecule has 1 aromatic rings. The lowest BCUT2D eigenvalue weighted by Gasteiger charge is -2.09. The van der Waals surface area contributed by atoms with Gasteiger partial charge in [0, 0.05) is 17.3 Å². The van der Waals surface area contributed by atoms with Gasteiger partial charge in [0.15, 0.2) is 6.61 Å². The number of hydrogen-bond acceptors (Lipinski definition) is 4. The molecule has 104 valence electrons. The maximum atomic E-state index is 11.6. The van der Waals surface area contributed by atoms with E-state index in [0.717, 1.165) is 5.56 Å². The van der Waals surface area contributed by atoms with Crippen LogP contribution in [0.1, 0.15) is 12.5 Å². The highest BCUT2D eigenvalue weighted by Crippen LogP contribution is 2.22. The van der Waals surface area contributed by atoms with Crippen molar-refractivity contribution in [2.24, 2.45) is 0 Å². The summed E-state index contributed by atoms with van der Waals surface area (Å²) in [6.07, 6.45) is 0. The van der Waals surface area contributed by atoms with Crippen molar-refractivity contribution in [2.75, 3.05) is 25.1 Å². The fourth-order valence-corrected chi connectivity index (χ4v) is 1.48. The van der Waals surface area contributed by atoms with E-state index in [1.165, 1.54) is 0 Å². The van der Waals surface area contributed by atoms with Gasteiger partial charge >= 0.3 is 5.97 Å². The third kappa shape index (κ3) is 5.28. The number of rotatable bonds is 6. The molecule has 0 saturated carbocycles. The standard InChI is InChI=1S/C13H16ClNO4/c1-3-18-8-13(17)19-7-12(16)15-11-6-4-5-10(14)9(11)2/h4-6H,3,7-8H2,1-2H3,(H,15,16). The number of anilines is 1. The first-order valence-corrected chi connectivity index (χ1v) is 6.20. The number of esters is 1. The molecule has 0 aliphatic rings. The minimum Gasteiger partial charge on any atom is -0.454 e. The molecule has 0 aromatic heterocycles. The zero-order valence-corrected chi connectivity index (χ0v) is 11.6. The fourth-order valence-electron chi connectivity index (χ4n) is 1.30. The first kappa shape index (κ1) is 15.5. The Bertz CT molecular complexity index is 462. The van der Waals surface area contributed by atoms with Crippen molar-refractivity contribution in [1.82, 2.24) is 0 Å². The van der Waals surface area contributed by atoms with E-state index in [-0.39, 0.29) is 13.2 Å². The van der Waals surface area contributed by atoms with E-state index >= 15 is 0 Å². The predicted molar refractivity (Wildman–Crippen MR) is 72.3 cm³/mol. The molecule has 0 saturated heterocycles. The Kier molecular flexibility index (Phi) is 6.32. The average Bonchev–Trinajstić information content (AvgIpc) is 2.39. The van der Waals surface area contributed by atoms with Crippen molar-refractivity contribution in [1.29, 1.82) is 0 Å². The number of halogens is 1. The molecule has 0 spiro atoms. The van der Waals surface area contributed by atoms with E-state index < -0.39 is 11.9 Å². The predicted octanol–water partition coefficient (Wildman–Crippen LogP) is 2.17. The fraction of sp³-hybridized carbons (Fsp3) is 0.385. The molecule has 0 radical (unpaired) electrons. The SMILES string of the molecule is CCOCC(=O)OCC(=O)Nc1cccc(Cl)c1C. The summed E-state index contributed by atoms with van der Waals surface area (Å²) in [6.45, 7) is 3.47. The van der Waals surface area contributed by atoms with Crippen LogP contribution in [0, 0.1) is 6.92 Å². The highest BCUT2D eigenvalue weighted by molar-refractivity contribution is 6.31. The monoisotopic (exact) mass is 285 g/mol. The molecule has 19 heavy (non-hydrogen) atoms. The number of amides is 1. The van der Waals surface area contributed by atoms with Crippen molar-refractivity contribution in [3.05, 3.63) is 28.8 Å². The summed E-state index contributed by atoms with van der Waals surface area (Å²) >= 11 is 5.93. The summed E-state index contributed by atoms with van der Waals surface area (Å²) in [5.74, 6) is -0.991. The largest absolute Gasteiger partial charge is 0.454 e. The first-order valence-electron chi connectivity index (χ1n) is 5.83. The van der Waals surface area contributed by atoms with E-state index in [1.54, 1.807) is 32.0 Å². The van der Waals surface area contributed by atoms with Gasteiger partial charge in [-0.3, -0.25) is 4.79 Å². The third-order valence-corrected chi connectivity index (χ3v) is 2.74. The Morgan fingerprint density at radius 3 is 2.74 bits per heavy atom. The van der Waals surface area contributed by atoms with Gasteiger partial charge < -0.3 is 14.8 Å². The molecule has 5 nitrogen and oxygen atoms in total. The minimum absolute atomic E-state index is 0.153. The smallest absolute Gasteiger partial charge is 0.332 e. The van der Waals surface area contributed by atoms with Gasteiger partial charge in [0.2, 0.25) is 0 Å². The number of ether oxygens (including phenoxy) is 2. The molecule has 1 aromatic carbocycles. The van der Waals surface area contributed by atoms with Gasteiger partial charge in [-0.05, 0) is 31.5 Å². The molecule has 0 fully saturated rings. The zero-order valence-electron chi connectivity index (χ0n) is 10.9. The molecule has 0 unspecified atom stereocenters. The van der Waals surface area contributed by atoms with Crippen LogP contribution in [0.5, 0.6) is 0 Å². The summed E-state index contributed by atoms with van der Waals surface area (Å²) < 4.78 is 9.60. The second kappa shape index (κ2) is 7.76. The molecule has 0 atom stereocenters. The maximum absolute atomic E-state index is 11.6. The van der Waals surface area contributed by atoms with E-state index in [4.69, 9.17) is 21.1 Å². The summed E-state index contributed by atoms with van der Waals surface area (Å²) in [6, 6.07) is 5.18. The molecule has 1 N–H and O–H groups in total. The Morgan fingerprint density at radius 2 is 2.05 bits per heavy atom. The lowest BCUT2D eigenvalue weighted by molar-refractivity contribution is -0.151. The van der Waals surface area contributed by atoms with Gasteiger partial charge in [-0.15, -0.1) is 0 Å². The van der Waals surface area contributed by atoms with Crippen LogP contribution in [0.2, 0.25) is 5.02 Å². The van der Waals surface area contributed by atoms with E-state index in [0.29, 0.717) is 17.3 Å². The maximum Gasteiger partial charge on any atom is 0.332 e. The minimum atomic E-state index is -0.570. The molecule has 0 bridgehead atoms. The van der Waals surface area contributed by atoms with Gasteiger partial charge in [0.25, 0.3) is 5.91 Å². The molecule has 1 amide bonds. The lowest BCUT2D eigenvalue weighted by atomic mass is 10.2. The molecule has 0 aliphatic heterocycles. The molecular formula is C13H16ClNO4. The average molecular weight is 286 g/mol. The van der Waals surface area contributed by atoms with Crippen LogP contribution in [0.25, 0.3) is 0 Å². The first-order chi connectivity index (χ1) is 9.04. The van der Waals surface area contributed by atoms with Gasteiger partial charge in [-0.1, -0.05) is 17.7 Å². The van der Waals surface area contributed by atoms with Gasteiger partial charge in [-0.2, -0.15) is 0 Å². The Balaban J connectivity index is 2.43. The summed E-state index contributed by atoms with van der Waals surface area (Å²) in [4.78, 5) is 22.7. The Labute approximate surface area is 116 Å². The number of nitrogens with one attached hydrogen (secondary N) is 1. The quantitative estimate of drug-likeness (QED) is 0.814. The van der Waals surface area contributed by atoms with Crippen molar-refractivity contribution < 1.29 is 19.1 Å². The van der Waals surface area contributed by atoms with E-state index in [1.807, 2.05) is 0 Å². The number of carbonyl (C=O) groups excluding carboxylic acids is 2. The second-order valence-corrected chi connectivity index (χ2v) is 4.17. The van der Waals surface area contributed by atoms with E-state index in [2.05, 4.69) is 5.32 Å². The highest BCUT2D eigenvalue weighted by atomic mass is 35.5. The van der Waals surface area contributed by atoms with Crippen LogP contribution in [0.15, 0.2) is 18.2 Å². The molecular weight excluding hydrogens is 270 g/mol. The van der Waals surface area contributed by atoms with Gasteiger partial charge in [-0.25, -0.2) is 4.79 Å². The van der Waals surface area contributed by atoms with Crippen LogP contribution in [0.3, 0.4) is 0 Å². The van der Waals surface area contributed by atoms with Crippen molar-refractivity contribution in [3.8, 4) is 0 Å². The summed E-state index contributed by atoms with van der Waals surface area (Å²) in [5.41, 5.74) is 1.36. The second-order valence-electron chi connectivity index (χ2n) is 3.76. The van der Waals surface area contributed by atoms with Gasteiger partial charge in [0.1, 0.15) is 6.61 Å². The van der Waals surface area contributed by atoms with Crippen LogP contribution in [-0.2, 0) is 19.1 Å². The molecule has 0 heterocycles. The van der Waals surface area contributed by atoms with Crippen LogP contribution in [0.4, 0.5) is 5.69 Å². The Morgan fingerprint density at radius 1 is 1.32 bits per heavy atom. The molecule has 6 heteroatoms. The molecule has 1 rings (SSSR count). The zero-order chi connectivity index (χ0) is 14.3. The number of hydrogen-bond donors (Lipinski definition) is 1. The summed E-state index contributed by atoms with van der Waals surface area (Å²) in [7, 11) is 0. The van der Waals surface area contributed by atoms with Gasteiger partial charge in [0.05, 0.1) is 0 Å². The topological polar surface area (TPSA) is 64.6 Å². The Hall–Kier alpha value is -1.59. The summed E-state index contributed by atoms with van der Waals surface area (Å²) in [5, 5.41) is 3.18. The van der Waals surface area contributed by atoms with Crippen LogP contribution >= 0.6 is 11.6 Å². The molecule has 0 aliphatic carbocycles. The van der Waals surface area contributed by atoms with Crippen LogP contribution < -0.4 is 5.32 Å². The van der Waals surface area contributed by atoms with Crippen LogP contribution in [-0.4, -0.2) is 31.7 Å². The lowest BCUT2D eigenvalue weighted by Crippen LogP contribution is -2.23. The van der Waals surface area contributed by atoms with Crippen molar-refractivity contribution in [3.63, 3.8) is 0 Å². The number of benzene rings is 1.